The summed E-state index contributed by atoms with van der Waals surface area (Å²) in [5.74, 6) is -0.297. The molecule has 128 valence electrons. The van der Waals surface area contributed by atoms with Crippen molar-refractivity contribution in [1.82, 2.24) is 20.2 Å². The van der Waals surface area contributed by atoms with Crippen LogP contribution >= 0.6 is 0 Å². The van der Waals surface area contributed by atoms with Crippen LogP contribution in [0.2, 0.25) is 0 Å². The van der Waals surface area contributed by atoms with E-state index in [0.29, 0.717) is 19.7 Å². The predicted octanol–water partition coefficient (Wildman–Crippen LogP) is 2.24. The van der Waals surface area contributed by atoms with Gasteiger partial charge in [0.2, 0.25) is 0 Å². The third-order valence-electron chi connectivity index (χ3n) is 4.07. The molecule has 6 nitrogen and oxygen atoms in total. The highest BCUT2D eigenvalue weighted by Crippen LogP contribution is 2.27. The number of benzene rings is 1. The molecule has 1 saturated heterocycles. The van der Waals surface area contributed by atoms with Crippen LogP contribution in [0, 0.1) is 5.82 Å². The van der Waals surface area contributed by atoms with Gasteiger partial charge in [0, 0.05) is 32.1 Å². The molecule has 0 bridgehead atoms. The molecule has 0 aliphatic carbocycles. The van der Waals surface area contributed by atoms with Gasteiger partial charge in [-0.15, -0.1) is 0 Å². The fourth-order valence-electron chi connectivity index (χ4n) is 2.84. The van der Waals surface area contributed by atoms with E-state index in [-0.39, 0.29) is 24.0 Å². The molecule has 2 unspecified atom stereocenters. The van der Waals surface area contributed by atoms with Crippen LogP contribution in [0.1, 0.15) is 24.4 Å². The zero-order valence-corrected chi connectivity index (χ0v) is 13.3. The maximum Gasteiger partial charge on any atom is 0.315 e. The van der Waals surface area contributed by atoms with E-state index in [1.54, 1.807) is 24.7 Å². The van der Waals surface area contributed by atoms with Gasteiger partial charge in [0.05, 0.1) is 18.5 Å². The van der Waals surface area contributed by atoms with Crippen LogP contribution in [0.5, 0.6) is 0 Å². The van der Waals surface area contributed by atoms with Crippen molar-refractivity contribution in [3.05, 3.63) is 54.4 Å². The van der Waals surface area contributed by atoms with Crippen molar-refractivity contribution in [1.29, 1.82) is 0 Å². The molecule has 2 atom stereocenters. The molecule has 2 N–H and O–H groups in total. The standard InChI is InChI=1S/C17H21FN4O2/c18-14-5-3-13(4-6-14)16(15-2-1-11-24-15)21-17(23)20-8-10-22-9-7-19-12-22/h3-7,9,12,15-16H,1-2,8,10-11H2,(H2,20,21,23). The monoisotopic (exact) mass is 332 g/mol. The van der Waals surface area contributed by atoms with Crippen molar-refractivity contribution >= 4 is 6.03 Å². The molecule has 3 rings (SSSR count). The SMILES string of the molecule is O=C(NCCn1ccnc1)NC(c1ccc(F)cc1)C1CCCO1. The highest BCUT2D eigenvalue weighted by molar-refractivity contribution is 5.74. The molecular weight excluding hydrogens is 311 g/mol. The largest absolute Gasteiger partial charge is 0.376 e. The Labute approximate surface area is 140 Å². The third-order valence-corrected chi connectivity index (χ3v) is 4.07. The van der Waals surface area contributed by atoms with Crippen LogP contribution in [-0.2, 0) is 11.3 Å². The topological polar surface area (TPSA) is 68.2 Å². The van der Waals surface area contributed by atoms with E-state index in [1.807, 2.05) is 10.8 Å². The Bertz CT molecular complexity index is 639. The summed E-state index contributed by atoms with van der Waals surface area (Å²) in [6.07, 6.45) is 6.99. The quantitative estimate of drug-likeness (QED) is 0.852. The zero-order chi connectivity index (χ0) is 16.8. The normalized spacial score (nSPS) is 18.3. The fourth-order valence-corrected chi connectivity index (χ4v) is 2.84. The van der Waals surface area contributed by atoms with Gasteiger partial charge >= 0.3 is 6.03 Å². The summed E-state index contributed by atoms with van der Waals surface area (Å²) in [5.41, 5.74) is 0.841. The summed E-state index contributed by atoms with van der Waals surface area (Å²) in [6, 6.07) is 5.62. The van der Waals surface area contributed by atoms with E-state index in [4.69, 9.17) is 4.74 Å². The van der Waals surface area contributed by atoms with Crippen LogP contribution in [0.25, 0.3) is 0 Å². The number of carbonyl (C=O) groups is 1. The lowest BCUT2D eigenvalue weighted by Gasteiger charge is -2.25. The predicted molar refractivity (Wildman–Crippen MR) is 86.9 cm³/mol. The maximum absolute atomic E-state index is 13.2. The van der Waals surface area contributed by atoms with Gasteiger partial charge in [-0.25, -0.2) is 14.2 Å². The summed E-state index contributed by atoms with van der Waals surface area (Å²) in [6.45, 7) is 1.82. The smallest absolute Gasteiger partial charge is 0.315 e. The number of rotatable bonds is 6. The van der Waals surface area contributed by atoms with Gasteiger partial charge < -0.3 is 19.9 Å². The highest BCUT2D eigenvalue weighted by Gasteiger charge is 2.28. The van der Waals surface area contributed by atoms with E-state index in [0.717, 1.165) is 18.4 Å². The van der Waals surface area contributed by atoms with Gasteiger partial charge in [-0.05, 0) is 30.5 Å². The minimum absolute atomic E-state index is 0.0881. The molecule has 1 aromatic heterocycles. The first-order valence-electron chi connectivity index (χ1n) is 8.09. The third kappa shape index (κ3) is 4.32. The molecule has 2 heterocycles. The van der Waals surface area contributed by atoms with Crippen molar-refractivity contribution in [3.8, 4) is 0 Å². The molecule has 24 heavy (non-hydrogen) atoms. The first kappa shape index (κ1) is 16.4. The van der Waals surface area contributed by atoms with Crippen LogP contribution in [0.4, 0.5) is 9.18 Å². The summed E-state index contributed by atoms with van der Waals surface area (Å²) in [5, 5.41) is 5.78. The van der Waals surface area contributed by atoms with Gasteiger partial charge in [0.1, 0.15) is 5.82 Å². The molecule has 0 saturated carbocycles. The van der Waals surface area contributed by atoms with Crippen molar-refractivity contribution in [3.63, 3.8) is 0 Å². The number of nitrogens with zero attached hydrogens (tertiary/aromatic N) is 2. The van der Waals surface area contributed by atoms with Gasteiger partial charge in [0.25, 0.3) is 0 Å². The summed E-state index contributed by atoms with van der Waals surface area (Å²) < 4.78 is 20.8. The number of hydrogen-bond acceptors (Lipinski definition) is 3. The van der Waals surface area contributed by atoms with Crippen LogP contribution < -0.4 is 10.6 Å². The van der Waals surface area contributed by atoms with Crippen molar-refractivity contribution in [2.45, 2.75) is 31.5 Å². The Morgan fingerprint density at radius 3 is 2.92 bits per heavy atom. The van der Waals surface area contributed by atoms with E-state index in [2.05, 4.69) is 15.6 Å². The molecule has 2 aromatic rings. The van der Waals surface area contributed by atoms with Crippen molar-refractivity contribution in [2.24, 2.45) is 0 Å². The molecule has 2 amide bonds. The van der Waals surface area contributed by atoms with E-state index >= 15 is 0 Å². The summed E-state index contributed by atoms with van der Waals surface area (Å²) in [4.78, 5) is 16.2. The number of nitrogens with one attached hydrogen (secondary N) is 2. The second-order valence-electron chi connectivity index (χ2n) is 5.78. The minimum atomic E-state index is -0.297. The second kappa shape index (κ2) is 7.92. The Morgan fingerprint density at radius 1 is 1.42 bits per heavy atom. The molecule has 0 radical (unpaired) electrons. The molecule has 1 aromatic carbocycles. The number of amides is 2. The number of urea groups is 1. The lowest BCUT2D eigenvalue weighted by molar-refractivity contribution is 0.0807. The summed E-state index contributed by atoms with van der Waals surface area (Å²) >= 11 is 0. The average Bonchev–Trinajstić information content (AvgIpc) is 3.27. The number of imidazole rings is 1. The lowest BCUT2D eigenvalue weighted by atomic mass is 9.99. The lowest BCUT2D eigenvalue weighted by Crippen LogP contribution is -2.43. The van der Waals surface area contributed by atoms with E-state index in [9.17, 15) is 9.18 Å². The molecule has 1 aliphatic rings. The van der Waals surface area contributed by atoms with Crippen LogP contribution in [0.15, 0.2) is 43.0 Å². The second-order valence-corrected chi connectivity index (χ2v) is 5.78. The molecule has 1 aliphatic heterocycles. The Kier molecular flexibility index (Phi) is 5.43. The first-order valence-corrected chi connectivity index (χ1v) is 8.09. The zero-order valence-electron chi connectivity index (χ0n) is 13.3. The molecule has 1 fully saturated rings. The number of hydrogen-bond donors (Lipinski definition) is 2. The van der Waals surface area contributed by atoms with E-state index in [1.165, 1.54) is 12.1 Å². The fraction of sp³-hybridized carbons (Fsp3) is 0.412. The van der Waals surface area contributed by atoms with Gasteiger partial charge in [-0.2, -0.15) is 0 Å². The average molecular weight is 332 g/mol. The minimum Gasteiger partial charge on any atom is -0.376 e. The molecule has 0 spiro atoms. The van der Waals surface area contributed by atoms with Crippen LogP contribution in [0.3, 0.4) is 0 Å². The highest BCUT2D eigenvalue weighted by atomic mass is 19.1. The summed E-state index contributed by atoms with van der Waals surface area (Å²) in [7, 11) is 0. The van der Waals surface area contributed by atoms with Gasteiger partial charge in [-0.3, -0.25) is 0 Å². The number of aromatic nitrogens is 2. The van der Waals surface area contributed by atoms with Crippen molar-refractivity contribution in [2.75, 3.05) is 13.2 Å². The van der Waals surface area contributed by atoms with Gasteiger partial charge in [-0.1, -0.05) is 12.1 Å². The molecule has 7 heteroatoms. The Balaban J connectivity index is 1.58. The number of carbonyl (C=O) groups excluding carboxylic acids is 1. The van der Waals surface area contributed by atoms with Gasteiger partial charge in [0.15, 0.2) is 0 Å². The number of halogens is 1. The molecular formula is C17H21FN4O2. The van der Waals surface area contributed by atoms with Crippen molar-refractivity contribution < 1.29 is 13.9 Å². The number of ether oxygens (including phenoxy) is 1. The Morgan fingerprint density at radius 2 is 2.25 bits per heavy atom. The Hall–Kier alpha value is -2.41. The van der Waals surface area contributed by atoms with Crippen LogP contribution in [-0.4, -0.2) is 34.8 Å². The first-order chi connectivity index (χ1) is 11.7. The maximum atomic E-state index is 13.2. The van der Waals surface area contributed by atoms with E-state index < -0.39 is 0 Å².